The standard InChI is InChI=1S/C21H18N4O2/c1-23(2)18-8-10-19(11-9-18)24-12-4-7-20(24)14-17(15-22)16-5-3-6-21(13-16)25(26)27/h3-14H,1-2H3. The molecule has 1 heterocycles. The van der Waals surface area contributed by atoms with Crippen molar-refractivity contribution in [1.29, 1.82) is 5.26 Å². The normalized spacial score (nSPS) is 11.1. The predicted octanol–water partition coefficient (Wildman–Crippen LogP) is 4.52. The van der Waals surface area contributed by atoms with Crippen molar-refractivity contribution in [2.45, 2.75) is 0 Å². The molecule has 0 unspecified atom stereocenters. The van der Waals surface area contributed by atoms with Crippen molar-refractivity contribution in [1.82, 2.24) is 4.57 Å². The van der Waals surface area contributed by atoms with Gasteiger partial charge in [0.2, 0.25) is 0 Å². The molecule has 0 aliphatic carbocycles. The molecule has 0 atom stereocenters. The molecule has 0 aliphatic heterocycles. The minimum Gasteiger partial charge on any atom is -0.378 e. The molecule has 0 saturated heterocycles. The van der Waals surface area contributed by atoms with Crippen LogP contribution < -0.4 is 4.90 Å². The van der Waals surface area contributed by atoms with E-state index in [4.69, 9.17) is 0 Å². The van der Waals surface area contributed by atoms with Crippen molar-refractivity contribution >= 4 is 23.0 Å². The molecule has 27 heavy (non-hydrogen) atoms. The maximum absolute atomic E-state index is 11.0. The van der Waals surface area contributed by atoms with Crippen LogP contribution in [0.1, 0.15) is 11.3 Å². The van der Waals surface area contributed by atoms with Gasteiger partial charge in [0, 0.05) is 49.5 Å². The fraction of sp³-hybridized carbons (Fsp3) is 0.0952. The third-order valence-electron chi connectivity index (χ3n) is 4.21. The summed E-state index contributed by atoms with van der Waals surface area (Å²) in [6, 6.07) is 20.1. The third-order valence-corrected chi connectivity index (χ3v) is 4.21. The highest BCUT2D eigenvalue weighted by atomic mass is 16.6. The quantitative estimate of drug-likeness (QED) is 0.382. The molecular formula is C21H18N4O2. The number of nitro groups is 1. The average Bonchev–Trinajstić information content (AvgIpc) is 3.14. The summed E-state index contributed by atoms with van der Waals surface area (Å²) in [4.78, 5) is 12.6. The van der Waals surface area contributed by atoms with Crippen molar-refractivity contribution in [3.05, 3.63) is 88.2 Å². The number of anilines is 1. The van der Waals surface area contributed by atoms with Gasteiger partial charge in [-0.05, 0) is 48.0 Å². The van der Waals surface area contributed by atoms with E-state index in [0.717, 1.165) is 17.1 Å². The number of non-ortho nitro benzene ring substituents is 1. The number of hydrogen-bond donors (Lipinski definition) is 0. The van der Waals surface area contributed by atoms with Gasteiger partial charge in [0.05, 0.1) is 16.6 Å². The molecule has 6 nitrogen and oxygen atoms in total. The first-order chi connectivity index (χ1) is 13.0. The molecule has 1 aromatic heterocycles. The van der Waals surface area contributed by atoms with Crippen molar-refractivity contribution in [3.63, 3.8) is 0 Å². The molecule has 0 N–H and O–H groups in total. The SMILES string of the molecule is CN(C)c1ccc(-n2cccc2C=C(C#N)c2cccc([N+](=O)[O-])c2)cc1. The summed E-state index contributed by atoms with van der Waals surface area (Å²) in [5, 5.41) is 20.6. The van der Waals surface area contributed by atoms with E-state index >= 15 is 0 Å². The Bertz CT molecular complexity index is 1040. The molecule has 0 bridgehead atoms. The number of nitriles is 1. The molecule has 0 saturated carbocycles. The Kier molecular flexibility index (Phi) is 5.04. The van der Waals surface area contributed by atoms with Crippen LogP contribution in [0.15, 0.2) is 66.9 Å². The Morgan fingerprint density at radius 3 is 2.52 bits per heavy atom. The second-order valence-corrected chi connectivity index (χ2v) is 6.19. The molecule has 0 amide bonds. The monoisotopic (exact) mass is 358 g/mol. The minimum atomic E-state index is -0.465. The molecular weight excluding hydrogens is 340 g/mol. The van der Waals surface area contributed by atoms with Gasteiger partial charge in [-0.1, -0.05) is 12.1 Å². The number of nitro benzene ring substituents is 1. The Labute approximate surface area is 157 Å². The van der Waals surface area contributed by atoms with Gasteiger partial charge in [0.25, 0.3) is 5.69 Å². The number of hydrogen-bond acceptors (Lipinski definition) is 4. The third kappa shape index (κ3) is 3.88. The maximum atomic E-state index is 11.0. The van der Waals surface area contributed by atoms with Crippen LogP contribution in [0.2, 0.25) is 0 Å². The highest BCUT2D eigenvalue weighted by molar-refractivity contribution is 5.89. The molecule has 3 aromatic rings. The molecule has 2 aromatic carbocycles. The van der Waals surface area contributed by atoms with Crippen molar-refractivity contribution in [2.75, 3.05) is 19.0 Å². The zero-order valence-electron chi connectivity index (χ0n) is 15.0. The van der Waals surface area contributed by atoms with Gasteiger partial charge in [-0.2, -0.15) is 5.26 Å². The molecule has 0 radical (unpaired) electrons. The van der Waals surface area contributed by atoms with Gasteiger partial charge in [-0.15, -0.1) is 0 Å². The lowest BCUT2D eigenvalue weighted by Gasteiger charge is -2.14. The van der Waals surface area contributed by atoms with Gasteiger partial charge in [-0.25, -0.2) is 0 Å². The molecule has 0 aliphatic rings. The zero-order chi connectivity index (χ0) is 19.4. The average molecular weight is 358 g/mol. The van der Waals surface area contributed by atoms with E-state index in [1.807, 2.05) is 66.2 Å². The van der Waals surface area contributed by atoms with E-state index in [0.29, 0.717) is 11.1 Å². The van der Waals surface area contributed by atoms with Gasteiger partial charge in [0.15, 0.2) is 0 Å². The largest absolute Gasteiger partial charge is 0.378 e. The van der Waals surface area contributed by atoms with Crippen LogP contribution in [0.3, 0.4) is 0 Å². The number of rotatable bonds is 5. The number of aromatic nitrogens is 1. The highest BCUT2D eigenvalue weighted by Gasteiger charge is 2.10. The van der Waals surface area contributed by atoms with E-state index in [1.54, 1.807) is 18.2 Å². The van der Waals surface area contributed by atoms with E-state index in [-0.39, 0.29) is 5.69 Å². The Morgan fingerprint density at radius 1 is 1.15 bits per heavy atom. The maximum Gasteiger partial charge on any atom is 0.270 e. The predicted molar refractivity (Wildman–Crippen MR) is 107 cm³/mol. The number of nitrogens with zero attached hydrogens (tertiary/aromatic N) is 4. The van der Waals surface area contributed by atoms with Crippen LogP contribution in [-0.4, -0.2) is 23.6 Å². The summed E-state index contributed by atoms with van der Waals surface area (Å²) in [5.41, 5.74) is 3.72. The summed E-state index contributed by atoms with van der Waals surface area (Å²) >= 11 is 0. The van der Waals surface area contributed by atoms with Crippen LogP contribution in [0.5, 0.6) is 0 Å². The molecule has 6 heteroatoms. The fourth-order valence-corrected chi connectivity index (χ4v) is 2.77. The van der Waals surface area contributed by atoms with Crippen LogP contribution in [-0.2, 0) is 0 Å². The minimum absolute atomic E-state index is 0.0386. The van der Waals surface area contributed by atoms with E-state index < -0.39 is 4.92 Å². The summed E-state index contributed by atoms with van der Waals surface area (Å²) in [7, 11) is 3.97. The van der Waals surface area contributed by atoms with Crippen LogP contribution in [0, 0.1) is 21.4 Å². The second kappa shape index (κ2) is 7.58. The smallest absolute Gasteiger partial charge is 0.270 e. The van der Waals surface area contributed by atoms with E-state index in [1.165, 1.54) is 12.1 Å². The van der Waals surface area contributed by atoms with Crippen molar-refractivity contribution in [3.8, 4) is 11.8 Å². The lowest BCUT2D eigenvalue weighted by molar-refractivity contribution is -0.384. The van der Waals surface area contributed by atoms with Gasteiger partial charge >= 0.3 is 0 Å². The molecule has 3 rings (SSSR count). The number of allylic oxidation sites excluding steroid dienone is 1. The van der Waals surface area contributed by atoms with E-state index in [2.05, 4.69) is 6.07 Å². The van der Waals surface area contributed by atoms with E-state index in [9.17, 15) is 15.4 Å². The number of benzene rings is 2. The summed E-state index contributed by atoms with van der Waals surface area (Å²) in [6.45, 7) is 0. The lowest BCUT2D eigenvalue weighted by Crippen LogP contribution is -2.08. The topological polar surface area (TPSA) is 75.1 Å². The summed E-state index contributed by atoms with van der Waals surface area (Å²) < 4.78 is 1.97. The Hall–Kier alpha value is -3.85. The fourth-order valence-electron chi connectivity index (χ4n) is 2.77. The summed E-state index contributed by atoms with van der Waals surface area (Å²) in [6.07, 6.45) is 3.65. The highest BCUT2D eigenvalue weighted by Crippen LogP contribution is 2.24. The van der Waals surface area contributed by atoms with Crippen molar-refractivity contribution < 1.29 is 4.92 Å². The van der Waals surface area contributed by atoms with Crippen LogP contribution >= 0.6 is 0 Å². The first-order valence-electron chi connectivity index (χ1n) is 8.31. The van der Waals surface area contributed by atoms with Gasteiger partial charge < -0.3 is 9.47 Å². The second-order valence-electron chi connectivity index (χ2n) is 6.19. The first kappa shape index (κ1) is 18.0. The van der Waals surface area contributed by atoms with Crippen LogP contribution in [0.4, 0.5) is 11.4 Å². The molecule has 0 fully saturated rings. The zero-order valence-corrected chi connectivity index (χ0v) is 15.0. The van der Waals surface area contributed by atoms with Gasteiger partial charge in [0.1, 0.15) is 0 Å². The van der Waals surface area contributed by atoms with Crippen molar-refractivity contribution in [2.24, 2.45) is 0 Å². The van der Waals surface area contributed by atoms with Crippen LogP contribution in [0.25, 0.3) is 17.3 Å². The Balaban J connectivity index is 2.00. The molecule has 134 valence electrons. The summed E-state index contributed by atoms with van der Waals surface area (Å²) in [5.74, 6) is 0. The lowest BCUT2D eigenvalue weighted by atomic mass is 10.1. The first-order valence-corrected chi connectivity index (χ1v) is 8.31. The Morgan fingerprint density at radius 2 is 1.89 bits per heavy atom. The molecule has 0 spiro atoms. The van der Waals surface area contributed by atoms with Gasteiger partial charge in [-0.3, -0.25) is 10.1 Å².